The molecule has 0 aromatic heterocycles. The second-order valence-corrected chi connectivity index (χ2v) is 3.54. The van der Waals surface area contributed by atoms with Crippen LogP contribution in [0.15, 0.2) is 0 Å². The molecule has 0 bridgehead atoms. The first-order valence-electron chi connectivity index (χ1n) is 5.19. The SMILES string of the molecule is CCCC1CC1NCCOCC. The minimum absolute atomic E-state index is 0.811. The van der Waals surface area contributed by atoms with Crippen molar-refractivity contribution in [2.24, 2.45) is 5.92 Å². The van der Waals surface area contributed by atoms with Crippen molar-refractivity contribution in [3.8, 4) is 0 Å². The molecule has 72 valence electrons. The Morgan fingerprint density at radius 3 is 2.92 bits per heavy atom. The van der Waals surface area contributed by atoms with Crippen LogP contribution in [0, 0.1) is 5.92 Å². The van der Waals surface area contributed by atoms with Crippen LogP contribution in [0.3, 0.4) is 0 Å². The lowest BCUT2D eigenvalue weighted by Gasteiger charge is -2.03. The molecule has 0 spiro atoms. The molecule has 0 heterocycles. The molecule has 1 fully saturated rings. The molecule has 0 amide bonds. The molecule has 0 radical (unpaired) electrons. The van der Waals surface area contributed by atoms with Gasteiger partial charge in [-0.25, -0.2) is 0 Å². The van der Waals surface area contributed by atoms with E-state index in [0.717, 1.165) is 31.7 Å². The highest BCUT2D eigenvalue weighted by Crippen LogP contribution is 2.34. The van der Waals surface area contributed by atoms with Gasteiger partial charge in [-0.1, -0.05) is 13.3 Å². The lowest BCUT2D eigenvalue weighted by molar-refractivity contribution is 0.148. The van der Waals surface area contributed by atoms with Gasteiger partial charge in [-0.3, -0.25) is 0 Å². The van der Waals surface area contributed by atoms with E-state index < -0.39 is 0 Å². The number of rotatable bonds is 7. The molecule has 1 N–H and O–H groups in total. The van der Waals surface area contributed by atoms with Crippen LogP contribution in [0.1, 0.15) is 33.1 Å². The average molecular weight is 171 g/mol. The first-order valence-corrected chi connectivity index (χ1v) is 5.19. The number of hydrogen-bond donors (Lipinski definition) is 1. The van der Waals surface area contributed by atoms with Gasteiger partial charge in [0.05, 0.1) is 6.61 Å². The van der Waals surface area contributed by atoms with E-state index in [-0.39, 0.29) is 0 Å². The largest absolute Gasteiger partial charge is 0.380 e. The van der Waals surface area contributed by atoms with Crippen LogP contribution in [0.5, 0.6) is 0 Å². The van der Waals surface area contributed by atoms with E-state index in [0.29, 0.717) is 0 Å². The Hall–Kier alpha value is -0.0800. The van der Waals surface area contributed by atoms with E-state index in [9.17, 15) is 0 Å². The summed E-state index contributed by atoms with van der Waals surface area (Å²) in [5, 5.41) is 3.50. The molecular weight excluding hydrogens is 150 g/mol. The summed E-state index contributed by atoms with van der Waals surface area (Å²) in [6.07, 6.45) is 4.11. The van der Waals surface area contributed by atoms with E-state index >= 15 is 0 Å². The Balaban J connectivity index is 1.83. The Morgan fingerprint density at radius 2 is 2.25 bits per heavy atom. The highest BCUT2D eigenvalue weighted by atomic mass is 16.5. The van der Waals surface area contributed by atoms with Crippen LogP contribution in [-0.4, -0.2) is 25.8 Å². The number of nitrogens with one attached hydrogen (secondary N) is 1. The van der Waals surface area contributed by atoms with Crippen molar-refractivity contribution in [2.45, 2.75) is 39.2 Å². The van der Waals surface area contributed by atoms with Gasteiger partial charge < -0.3 is 10.1 Å². The Bertz CT molecular complexity index is 116. The lowest BCUT2D eigenvalue weighted by atomic mass is 10.2. The predicted octanol–water partition coefficient (Wildman–Crippen LogP) is 1.80. The van der Waals surface area contributed by atoms with Crippen molar-refractivity contribution in [3.05, 3.63) is 0 Å². The monoisotopic (exact) mass is 171 g/mol. The third-order valence-corrected chi connectivity index (χ3v) is 2.44. The second-order valence-electron chi connectivity index (χ2n) is 3.54. The molecule has 1 saturated carbocycles. The van der Waals surface area contributed by atoms with Gasteiger partial charge in [-0.2, -0.15) is 0 Å². The van der Waals surface area contributed by atoms with Crippen LogP contribution in [0.4, 0.5) is 0 Å². The summed E-state index contributed by atoms with van der Waals surface area (Å²) in [5.41, 5.74) is 0. The average Bonchev–Trinajstić information content (AvgIpc) is 2.79. The maximum atomic E-state index is 5.24. The predicted molar refractivity (Wildman–Crippen MR) is 51.3 cm³/mol. The van der Waals surface area contributed by atoms with Gasteiger partial charge in [0.1, 0.15) is 0 Å². The van der Waals surface area contributed by atoms with Gasteiger partial charge in [0.2, 0.25) is 0 Å². The quantitative estimate of drug-likeness (QED) is 0.590. The lowest BCUT2D eigenvalue weighted by Crippen LogP contribution is -2.23. The van der Waals surface area contributed by atoms with Crippen LogP contribution in [-0.2, 0) is 4.74 Å². The molecular formula is C10H21NO. The van der Waals surface area contributed by atoms with Crippen LogP contribution in [0.25, 0.3) is 0 Å². The highest BCUT2D eigenvalue weighted by molar-refractivity contribution is 4.92. The molecule has 12 heavy (non-hydrogen) atoms. The van der Waals surface area contributed by atoms with Crippen molar-refractivity contribution >= 4 is 0 Å². The minimum Gasteiger partial charge on any atom is -0.380 e. The summed E-state index contributed by atoms with van der Waals surface area (Å²) in [6.45, 7) is 7.03. The minimum atomic E-state index is 0.811. The Labute approximate surface area is 75.7 Å². The van der Waals surface area contributed by atoms with Gasteiger partial charge in [-0.15, -0.1) is 0 Å². The van der Waals surface area contributed by atoms with E-state index in [1.165, 1.54) is 19.3 Å². The van der Waals surface area contributed by atoms with Crippen LogP contribution < -0.4 is 5.32 Å². The summed E-state index contributed by atoms with van der Waals surface area (Å²) in [4.78, 5) is 0. The zero-order valence-corrected chi connectivity index (χ0v) is 8.31. The molecule has 0 aromatic rings. The number of ether oxygens (including phenoxy) is 1. The summed E-state index contributed by atoms with van der Waals surface area (Å²) in [5.74, 6) is 0.969. The smallest absolute Gasteiger partial charge is 0.0590 e. The van der Waals surface area contributed by atoms with E-state index in [2.05, 4.69) is 12.2 Å². The number of hydrogen-bond acceptors (Lipinski definition) is 2. The van der Waals surface area contributed by atoms with Gasteiger partial charge in [0.25, 0.3) is 0 Å². The van der Waals surface area contributed by atoms with Crippen LogP contribution in [0.2, 0.25) is 0 Å². The zero-order valence-electron chi connectivity index (χ0n) is 8.31. The van der Waals surface area contributed by atoms with Crippen molar-refractivity contribution in [2.75, 3.05) is 19.8 Å². The van der Waals surface area contributed by atoms with E-state index in [1.807, 2.05) is 6.92 Å². The topological polar surface area (TPSA) is 21.3 Å². The van der Waals surface area contributed by atoms with Crippen molar-refractivity contribution in [1.29, 1.82) is 0 Å². The fourth-order valence-electron chi connectivity index (χ4n) is 1.65. The first kappa shape index (κ1) is 10.0. The van der Waals surface area contributed by atoms with E-state index in [4.69, 9.17) is 4.74 Å². The first-order chi connectivity index (χ1) is 5.88. The summed E-state index contributed by atoms with van der Waals surface area (Å²) in [6, 6.07) is 0.811. The van der Waals surface area contributed by atoms with Crippen LogP contribution >= 0.6 is 0 Å². The third-order valence-electron chi connectivity index (χ3n) is 2.44. The molecule has 0 aromatic carbocycles. The van der Waals surface area contributed by atoms with E-state index in [1.54, 1.807) is 0 Å². The maximum absolute atomic E-state index is 5.24. The molecule has 1 aliphatic rings. The summed E-state index contributed by atoms with van der Waals surface area (Å²) < 4.78 is 5.24. The van der Waals surface area contributed by atoms with Gasteiger partial charge in [0.15, 0.2) is 0 Å². The Morgan fingerprint density at radius 1 is 1.42 bits per heavy atom. The summed E-state index contributed by atoms with van der Waals surface area (Å²) in [7, 11) is 0. The summed E-state index contributed by atoms with van der Waals surface area (Å²) >= 11 is 0. The highest BCUT2D eigenvalue weighted by Gasteiger charge is 2.34. The van der Waals surface area contributed by atoms with Gasteiger partial charge in [0, 0.05) is 19.2 Å². The molecule has 2 atom stereocenters. The Kier molecular flexibility index (Phi) is 4.62. The molecule has 0 saturated heterocycles. The molecule has 1 aliphatic carbocycles. The van der Waals surface area contributed by atoms with Crippen molar-refractivity contribution in [1.82, 2.24) is 5.32 Å². The fraction of sp³-hybridized carbons (Fsp3) is 1.00. The maximum Gasteiger partial charge on any atom is 0.0590 e. The fourth-order valence-corrected chi connectivity index (χ4v) is 1.65. The molecule has 2 unspecified atom stereocenters. The van der Waals surface area contributed by atoms with Gasteiger partial charge >= 0.3 is 0 Å². The van der Waals surface area contributed by atoms with Gasteiger partial charge in [-0.05, 0) is 25.7 Å². The standard InChI is InChI=1S/C10H21NO/c1-3-5-9-8-10(9)11-6-7-12-4-2/h9-11H,3-8H2,1-2H3. The van der Waals surface area contributed by atoms with Crippen molar-refractivity contribution < 1.29 is 4.74 Å². The molecule has 1 rings (SSSR count). The normalized spacial score (nSPS) is 27.5. The third kappa shape index (κ3) is 3.55. The zero-order chi connectivity index (χ0) is 8.81. The molecule has 2 nitrogen and oxygen atoms in total. The second kappa shape index (κ2) is 5.55. The molecule has 2 heteroatoms. The van der Waals surface area contributed by atoms with Crippen molar-refractivity contribution in [3.63, 3.8) is 0 Å². The molecule has 0 aliphatic heterocycles.